The van der Waals surface area contributed by atoms with E-state index in [1.165, 1.54) is 4.90 Å². The zero-order chi connectivity index (χ0) is 26.4. The molecule has 7 nitrogen and oxygen atoms in total. The van der Waals surface area contributed by atoms with Gasteiger partial charge in [0.15, 0.2) is 0 Å². The number of nitrogens with zero attached hydrogens (tertiary/aromatic N) is 1. The van der Waals surface area contributed by atoms with E-state index in [1.807, 2.05) is 54.6 Å². The molecule has 0 saturated carbocycles. The Kier molecular flexibility index (Phi) is 8.23. The van der Waals surface area contributed by atoms with Crippen molar-refractivity contribution >= 4 is 18.0 Å². The molecule has 0 bridgehead atoms. The van der Waals surface area contributed by atoms with Crippen molar-refractivity contribution in [2.75, 3.05) is 13.2 Å². The van der Waals surface area contributed by atoms with E-state index in [9.17, 15) is 14.4 Å². The van der Waals surface area contributed by atoms with E-state index in [4.69, 9.17) is 9.84 Å². The fraction of sp³-hybridized carbons (Fsp3) is 0.300. The Labute approximate surface area is 217 Å². The molecule has 2 atom stereocenters. The first-order valence-electron chi connectivity index (χ1n) is 12.5. The molecule has 3 aromatic carbocycles. The lowest BCUT2D eigenvalue weighted by Crippen LogP contribution is -2.46. The SMILES string of the molecule is CC(NC(=O)OCC1c2ccccc2-c2ccccc21)C(C)C(=O)N(CCC(=O)O)Cc1ccccc1. The van der Waals surface area contributed by atoms with Crippen LogP contribution in [-0.2, 0) is 20.9 Å². The molecule has 7 heteroatoms. The van der Waals surface area contributed by atoms with E-state index in [0.717, 1.165) is 27.8 Å². The molecule has 2 N–H and O–H groups in total. The second-order valence-corrected chi connectivity index (χ2v) is 9.44. The minimum absolute atomic E-state index is 0.0510. The number of fused-ring (bicyclic) bond motifs is 3. The maximum absolute atomic E-state index is 13.3. The number of benzene rings is 3. The third kappa shape index (κ3) is 6.17. The molecular weight excluding hydrogens is 468 g/mol. The van der Waals surface area contributed by atoms with Crippen LogP contribution < -0.4 is 5.32 Å². The Balaban J connectivity index is 1.36. The molecule has 2 unspecified atom stereocenters. The van der Waals surface area contributed by atoms with Gasteiger partial charge in [0.05, 0.1) is 12.3 Å². The number of hydrogen-bond donors (Lipinski definition) is 2. The minimum atomic E-state index is -0.969. The molecule has 0 spiro atoms. The molecule has 0 aliphatic heterocycles. The average molecular weight is 501 g/mol. The summed E-state index contributed by atoms with van der Waals surface area (Å²) in [6.07, 6.45) is -0.742. The number of hydrogen-bond acceptors (Lipinski definition) is 4. The highest BCUT2D eigenvalue weighted by Crippen LogP contribution is 2.44. The summed E-state index contributed by atoms with van der Waals surface area (Å²) < 4.78 is 5.62. The first-order valence-corrected chi connectivity index (χ1v) is 12.5. The molecule has 3 aromatic rings. The molecule has 192 valence electrons. The third-order valence-electron chi connectivity index (χ3n) is 6.95. The second kappa shape index (κ2) is 11.7. The van der Waals surface area contributed by atoms with E-state index in [1.54, 1.807) is 13.8 Å². The number of alkyl carbamates (subject to hydrolysis) is 1. The molecule has 0 aromatic heterocycles. The Morgan fingerprint density at radius 3 is 2.05 bits per heavy atom. The van der Waals surface area contributed by atoms with Crippen molar-refractivity contribution in [1.29, 1.82) is 0 Å². The predicted molar refractivity (Wildman–Crippen MR) is 141 cm³/mol. The molecule has 1 aliphatic rings. The largest absolute Gasteiger partial charge is 0.481 e. The van der Waals surface area contributed by atoms with Crippen molar-refractivity contribution in [3.05, 3.63) is 95.6 Å². The van der Waals surface area contributed by atoms with Gasteiger partial charge in [-0.25, -0.2) is 4.79 Å². The lowest BCUT2D eigenvalue weighted by atomic mass is 9.98. The van der Waals surface area contributed by atoms with Crippen LogP contribution in [-0.4, -0.2) is 47.2 Å². The first kappa shape index (κ1) is 25.9. The van der Waals surface area contributed by atoms with Crippen molar-refractivity contribution in [2.24, 2.45) is 5.92 Å². The third-order valence-corrected chi connectivity index (χ3v) is 6.95. The lowest BCUT2D eigenvalue weighted by molar-refractivity contribution is -0.140. The maximum Gasteiger partial charge on any atom is 0.407 e. The van der Waals surface area contributed by atoms with E-state index in [-0.39, 0.29) is 31.4 Å². The zero-order valence-corrected chi connectivity index (χ0v) is 21.1. The van der Waals surface area contributed by atoms with Crippen molar-refractivity contribution < 1.29 is 24.2 Å². The molecular formula is C30H32N2O5. The van der Waals surface area contributed by atoms with Gasteiger partial charge in [0.2, 0.25) is 5.91 Å². The number of carboxylic acid groups (broad SMARTS) is 1. The van der Waals surface area contributed by atoms with Gasteiger partial charge in [0.25, 0.3) is 0 Å². The van der Waals surface area contributed by atoms with Gasteiger partial charge in [-0.2, -0.15) is 0 Å². The van der Waals surface area contributed by atoms with Gasteiger partial charge < -0.3 is 20.1 Å². The summed E-state index contributed by atoms with van der Waals surface area (Å²) in [7, 11) is 0. The normalized spacial score (nSPS) is 13.7. The van der Waals surface area contributed by atoms with Crippen LogP contribution >= 0.6 is 0 Å². The number of amides is 2. The number of carbonyl (C=O) groups is 3. The lowest BCUT2D eigenvalue weighted by Gasteiger charge is -2.28. The van der Waals surface area contributed by atoms with E-state index < -0.39 is 24.0 Å². The van der Waals surface area contributed by atoms with Crippen LogP contribution in [0.4, 0.5) is 4.79 Å². The summed E-state index contributed by atoms with van der Waals surface area (Å²) in [4.78, 5) is 38.6. The van der Waals surface area contributed by atoms with Crippen LogP contribution in [0, 0.1) is 5.92 Å². The Hall–Kier alpha value is -4.13. The number of carboxylic acids is 1. The summed E-state index contributed by atoms with van der Waals surface area (Å²) in [5, 5.41) is 11.9. The van der Waals surface area contributed by atoms with Crippen molar-refractivity contribution in [1.82, 2.24) is 10.2 Å². The molecule has 0 radical (unpaired) electrons. The van der Waals surface area contributed by atoms with Crippen LogP contribution in [0.25, 0.3) is 11.1 Å². The van der Waals surface area contributed by atoms with E-state index in [0.29, 0.717) is 6.54 Å². The molecule has 0 fully saturated rings. The topological polar surface area (TPSA) is 95.9 Å². The quantitative estimate of drug-likeness (QED) is 0.406. The zero-order valence-electron chi connectivity index (χ0n) is 21.1. The first-order chi connectivity index (χ1) is 17.8. The molecule has 4 rings (SSSR count). The number of aliphatic carboxylic acids is 1. The van der Waals surface area contributed by atoms with Crippen LogP contribution in [0.15, 0.2) is 78.9 Å². The Bertz CT molecular complexity index is 1210. The summed E-state index contributed by atoms with van der Waals surface area (Å²) in [5.74, 6) is -1.82. The van der Waals surface area contributed by atoms with Crippen molar-refractivity contribution in [3.8, 4) is 11.1 Å². The number of carbonyl (C=O) groups excluding carboxylic acids is 2. The summed E-state index contributed by atoms with van der Waals surface area (Å²) in [6.45, 7) is 4.06. The summed E-state index contributed by atoms with van der Waals surface area (Å²) >= 11 is 0. The van der Waals surface area contributed by atoms with Crippen molar-refractivity contribution in [3.63, 3.8) is 0 Å². The van der Waals surface area contributed by atoms with E-state index >= 15 is 0 Å². The van der Waals surface area contributed by atoms with Gasteiger partial charge in [-0.3, -0.25) is 9.59 Å². The molecule has 0 heterocycles. The fourth-order valence-electron chi connectivity index (χ4n) is 4.75. The molecule has 1 aliphatic carbocycles. The van der Waals surface area contributed by atoms with Gasteiger partial charge >= 0.3 is 12.1 Å². The maximum atomic E-state index is 13.3. The second-order valence-electron chi connectivity index (χ2n) is 9.44. The van der Waals surface area contributed by atoms with Gasteiger partial charge in [-0.05, 0) is 34.7 Å². The monoisotopic (exact) mass is 500 g/mol. The Morgan fingerprint density at radius 1 is 0.892 bits per heavy atom. The molecule has 37 heavy (non-hydrogen) atoms. The van der Waals surface area contributed by atoms with Gasteiger partial charge in [0, 0.05) is 25.0 Å². The highest BCUT2D eigenvalue weighted by atomic mass is 16.5. The predicted octanol–water partition coefficient (Wildman–Crippen LogP) is 5.05. The highest BCUT2D eigenvalue weighted by molar-refractivity contribution is 5.81. The average Bonchev–Trinajstić information content (AvgIpc) is 3.23. The van der Waals surface area contributed by atoms with Crippen LogP contribution in [0.2, 0.25) is 0 Å². The highest BCUT2D eigenvalue weighted by Gasteiger charge is 2.30. The van der Waals surface area contributed by atoms with Gasteiger partial charge in [-0.15, -0.1) is 0 Å². The van der Waals surface area contributed by atoms with Crippen LogP contribution in [0.1, 0.15) is 42.9 Å². The summed E-state index contributed by atoms with van der Waals surface area (Å²) in [6, 6.07) is 25.2. The summed E-state index contributed by atoms with van der Waals surface area (Å²) in [5.41, 5.74) is 5.47. The standard InChI is InChI=1S/C30H32N2O5/c1-20(29(35)32(17-16-28(33)34)18-22-10-4-3-5-11-22)21(2)31-30(36)37-19-27-25-14-8-6-12-23(25)24-13-7-9-15-26(24)27/h3-15,20-21,27H,16-19H2,1-2H3,(H,31,36)(H,33,34). The smallest absolute Gasteiger partial charge is 0.407 e. The Morgan fingerprint density at radius 2 is 1.46 bits per heavy atom. The van der Waals surface area contributed by atoms with Crippen LogP contribution in [0.5, 0.6) is 0 Å². The number of ether oxygens (including phenoxy) is 1. The minimum Gasteiger partial charge on any atom is -0.481 e. The van der Waals surface area contributed by atoms with E-state index in [2.05, 4.69) is 29.6 Å². The van der Waals surface area contributed by atoms with Gasteiger partial charge in [0.1, 0.15) is 6.61 Å². The van der Waals surface area contributed by atoms with Gasteiger partial charge in [-0.1, -0.05) is 85.8 Å². The molecule has 2 amide bonds. The van der Waals surface area contributed by atoms with Crippen molar-refractivity contribution in [2.45, 2.75) is 38.8 Å². The number of nitrogens with one attached hydrogen (secondary N) is 1. The number of rotatable bonds is 10. The molecule has 0 saturated heterocycles. The van der Waals surface area contributed by atoms with Crippen LogP contribution in [0.3, 0.4) is 0 Å². The fourth-order valence-corrected chi connectivity index (χ4v) is 4.75.